The number of nitrogens with one attached hydrogen (secondary N) is 1. The van der Waals surface area contributed by atoms with Crippen LogP contribution < -0.4 is 10.2 Å². The molecule has 1 saturated heterocycles. The van der Waals surface area contributed by atoms with Crippen molar-refractivity contribution in [2.24, 2.45) is 5.92 Å². The molecule has 1 fully saturated rings. The third-order valence-corrected chi connectivity index (χ3v) is 6.26. The lowest BCUT2D eigenvalue weighted by molar-refractivity contribution is 0.373. The van der Waals surface area contributed by atoms with Gasteiger partial charge in [-0.1, -0.05) is 18.2 Å². The van der Waals surface area contributed by atoms with Gasteiger partial charge in [0.2, 0.25) is 0 Å². The van der Waals surface area contributed by atoms with E-state index in [4.69, 9.17) is 0 Å². The second-order valence-electron chi connectivity index (χ2n) is 6.86. The highest BCUT2D eigenvalue weighted by Gasteiger charge is 2.19. The third kappa shape index (κ3) is 4.02. The first-order chi connectivity index (χ1) is 12.4. The first-order valence-electron chi connectivity index (χ1n) is 9.21. The molecule has 3 nitrogen and oxygen atoms in total. The highest BCUT2D eigenvalue weighted by Crippen LogP contribution is 2.26. The Labute approximate surface area is 153 Å². The number of piperidine rings is 1. The highest BCUT2D eigenvalue weighted by molar-refractivity contribution is 7.17. The van der Waals surface area contributed by atoms with Crippen LogP contribution in [0.5, 0.6) is 0 Å². The number of fused-ring (bicyclic) bond motifs is 1. The van der Waals surface area contributed by atoms with Gasteiger partial charge >= 0.3 is 0 Å². The van der Waals surface area contributed by atoms with Crippen molar-refractivity contribution < 1.29 is 0 Å². The Kier molecular flexibility index (Phi) is 5.28. The number of hydrogen-bond donors (Lipinski definition) is 1. The molecule has 130 valence electrons. The number of anilines is 1. The van der Waals surface area contributed by atoms with Crippen LogP contribution in [0.4, 0.5) is 5.69 Å². The van der Waals surface area contributed by atoms with E-state index in [9.17, 15) is 0 Å². The van der Waals surface area contributed by atoms with E-state index in [1.807, 2.05) is 23.7 Å². The smallest absolute Gasteiger partial charge is 0.0397 e. The van der Waals surface area contributed by atoms with Crippen LogP contribution >= 0.6 is 11.3 Å². The van der Waals surface area contributed by atoms with Gasteiger partial charge in [0.05, 0.1) is 0 Å². The predicted molar refractivity (Wildman–Crippen MR) is 107 cm³/mol. The molecule has 1 aliphatic heterocycles. The molecule has 3 heterocycles. The molecule has 0 aliphatic carbocycles. The molecule has 0 amide bonds. The summed E-state index contributed by atoms with van der Waals surface area (Å²) in [5, 5.41) is 7.36. The van der Waals surface area contributed by atoms with Crippen LogP contribution in [0.1, 0.15) is 24.8 Å². The summed E-state index contributed by atoms with van der Waals surface area (Å²) in [6.07, 6.45) is 7.65. The van der Waals surface area contributed by atoms with Crippen molar-refractivity contribution in [1.29, 1.82) is 0 Å². The molecule has 1 aliphatic rings. The van der Waals surface area contributed by atoms with Gasteiger partial charge in [-0.2, -0.15) is 0 Å². The summed E-state index contributed by atoms with van der Waals surface area (Å²) < 4.78 is 1.39. The van der Waals surface area contributed by atoms with Crippen LogP contribution in [0.25, 0.3) is 10.1 Å². The van der Waals surface area contributed by atoms with Gasteiger partial charge in [-0.3, -0.25) is 4.98 Å². The minimum atomic E-state index is 0.852. The lowest BCUT2D eigenvalue weighted by atomic mass is 9.93. The van der Waals surface area contributed by atoms with E-state index in [1.54, 1.807) is 0 Å². The van der Waals surface area contributed by atoms with E-state index >= 15 is 0 Å². The molecule has 0 saturated carbocycles. The molecule has 1 N–H and O–H groups in total. The minimum absolute atomic E-state index is 0.852. The predicted octanol–water partition coefficient (Wildman–Crippen LogP) is 4.69. The van der Waals surface area contributed by atoms with Crippen LogP contribution in [-0.4, -0.2) is 24.6 Å². The maximum absolute atomic E-state index is 4.11. The molecule has 2 aromatic heterocycles. The number of benzene rings is 1. The van der Waals surface area contributed by atoms with Gasteiger partial charge in [-0.25, -0.2) is 0 Å². The molecule has 0 atom stereocenters. The Morgan fingerprint density at radius 1 is 1.08 bits per heavy atom. The molecule has 3 aromatic rings. The van der Waals surface area contributed by atoms with Gasteiger partial charge in [0.25, 0.3) is 0 Å². The van der Waals surface area contributed by atoms with Crippen molar-refractivity contribution in [3.63, 3.8) is 0 Å². The Balaban J connectivity index is 1.20. The average molecular weight is 352 g/mol. The maximum Gasteiger partial charge on any atom is 0.0397 e. The first kappa shape index (κ1) is 16.6. The van der Waals surface area contributed by atoms with Gasteiger partial charge in [-0.05, 0) is 66.3 Å². The standard InChI is InChI=1S/C21H25N3S/c1-2-4-21-20(3-1)18(16-25-21)15-23-10-5-17-8-13-24(14-9-17)19-6-11-22-12-7-19/h1-4,6-7,11-12,16-17,23H,5,8-10,13-15H2. The number of aromatic nitrogens is 1. The lowest BCUT2D eigenvalue weighted by Crippen LogP contribution is -2.34. The molecule has 0 unspecified atom stereocenters. The van der Waals surface area contributed by atoms with Gasteiger partial charge < -0.3 is 10.2 Å². The number of pyridine rings is 1. The normalized spacial score (nSPS) is 15.8. The van der Waals surface area contributed by atoms with Crippen molar-refractivity contribution >= 4 is 27.1 Å². The van der Waals surface area contributed by atoms with E-state index < -0.39 is 0 Å². The molecule has 4 rings (SSSR count). The molecular weight excluding hydrogens is 326 g/mol. The van der Waals surface area contributed by atoms with E-state index in [0.717, 1.165) is 19.0 Å². The van der Waals surface area contributed by atoms with E-state index in [1.165, 1.54) is 53.7 Å². The van der Waals surface area contributed by atoms with Crippen molar-refractivity contribution in [3.8, 4) is 0 Å². The second kappa shape index (κ2) is 7.98. The Morgan fingerprint density at radius 3 is 2.72 bits per heavy atom. The zero-order valence-electron chi connectivity index (χ0n) is 14.5. The van der Waals surface area contributed by atoms with Crippen LogP contribution in [0.2, 0.25) is 0 Å². The quantitative estimate of drug-likeness (QED) is 0.653. The monoisotopic (exact) mass is 351 g/mol. The second-order valence-corrected chi connectivity index (χ2v) is 7.77. The number of hydrogen-bond acceptors (Lipinski definition) is 4. The zero-order valence-corrected chi connectivity index (χ0v) is 15.3. The molecular formula is C21H25N3S. The summed E-state index contributed by atoms with van der Waals surface area (Å²) in [5.74, 6) is 0.852. The van der Waals surface area contributed by atoms with Crippen LogP contribution in [0.15, 0.2) is 54.2 Å². The summed E-state index contributed by atoms with van der Waals surface area (Å²) in [5.41, 5.74) is 2.75. The van der Waals surface area contributed by atoms with E-state index in [-0.39, 0.29) is 0 Å². The topological polar surface area (TPSA) is 28.2 Å². The van der Waals surface area contributed by atoms with Crippen LogP contribution in [0, 0.1) is 5.92 Å². The first-order valence-corrected chi connectivity index (χ1v) is 10.1. The van der Waals surface area contributed by atoms with Gasteiger partial charge in [0.1, 0.15) is 0 Å². The van der Waals surface area contributed by atoms with E-state index in [0.29, 0.717) is 0 Å². The highest BCUT2D eigenvalue weighted by atomic mass is 32.1. The zero-order chi connectivity index (χ0) is 16.9. The van der Waals surface area contributed by atoms with Crippen LogP contribution in [0.3, 0.4) is 0 Å². The van der Waals surface area contributed by atoms with Crippen LogP contribution in [-0.2, 0) is 6.54 Å². The van der Waals surface area contributed by atoms with Gasteiger partial charge in [0.15, 0.2) is 0 Å². The molecule has 0 spiro atoms. The molecule has 0 radical (unpaired) electrons. The van der Waals surface area contributed by atoms with Crippen molar-refractivity contribution in [3.05, 3.63) is 59.7 Å². The summed E-state index contributed by atoms with van der Waals surface area (Å²) >= 11 is 1.85. The van der Waals surface area contributed by atoms with E-state index in [2.05, 4.69) is 57.0 Å². The SMILES string of the molecule is c1ccc2c(CNCCC3CCN(c4ccncc4)CC3)csc2c1. The Hall–Kier alpha value is -1.91. The largest absolute Gasteiger partial charge is 0.371 e. The van der Waals surface area contributed by atoms with Crippen molar-refractivity contribution in [2.45, 2.75) is 25.8 Å². The fourth-order valence-corrected chi connectivity index (χ4v) is 4.70. The third-order valence-electron chi connectivity index (χ3n) is 5.25. The maximum atomic E-state index is 4.11. The van der Waals surface area contributed by atoms with Crippen molar-refractivity contribution in [1.82, 2.24) is 10.3 Å². The molecule has 4 heteroatoms. The fraction of sp³-hybridized carbons (Fsp3) is 0.381. The molecule has 25 heavy (non-hydrogen) atoms. The average Bonchev–Trinajstić information content (AvgIpc) is 3.10. The number of nitrogens with zero attached hydrogens (tertiary/aromatic N) is 2. The summed E-state index contributed by atoms with van der Waals surface area (Å²) in [6.45, 7) is 4.44. The summed E-state index contributed by atoms with van der Waals surface area (Å²) in [4.78, 5) is 6.60. The van der Waals surface area contributed by atoms with Gasteiger partial charge in [0, 0.05) is 42.4 Å². The number of rotatable bonds is 6. The lowest BCUT2D eigenvalue weighted by Gasteiger charge is -2.33. The molecule has 0 bridgehead atoms. The fourth-order valence-electron chi connectivity index (χ4n) is 3.73. The Bertz CT molecular complexity index is 791. The molecule has 1 aromatic carbocycles. The number of thiophene rings is 1. The van der Waals surface area contributed by atoms with Crippen molar-refractivity contribution in [2.75, 3.05) is 24.5 Å². The summed E-state index contributed by atoms with van der Waals surface area (Å²) in [7, 11) is 0. The Morgan fingerprint density at radius 2 is 1.88 bits per heavy atom. The summed E-state index contributed by atoms with van der Waals surface area (Å²) in [6, 6.07) is 12.9. The minimum Gasteiger partial charge on any atom is -0.371 e. The van der Waals surface area contributed by atoms with Gasteiger partial charge in [-0.15, -0.1) is 11.3 Å².